The molecule has 0 aliphatic rings. The topological polar surface area (TPSA) is 34.1 Å². The van der Waals surface area contributed by atoms with E-state index in [9.17, 15) is 0 Å². The molecular weight excluding hydrogens is 260 g/mol. The van der Waals surface area contributed by atoms with E-state index in [1.807, 2.05) is 12.1 Å². The zero-order valence-corrected chi connectivity index (χ0v) is 13.7. The average Bonchev–Trinajstić information content (AvgIpc) is 2.46. The Morgan fingerprint density at radius 2 is 1.95 bits per heavy atom. The maximum atomic E-state index is 5.39. The molecule has 0 saturated heterocycles. The molecule has 0 fully saturated rings. The summed E-state index contributed by atoms with van der Waals surface area (Å²) in [5.41, 5.74) is 2.27. The Hall–Kier alpha value is -1.61. The van der Waals surface area contributed by atoms with Gasteiger partial charge in [-0.25, -0.2) is 4.98 Å². The highest BCUT2D eigenvalue weighted by molar-refractivity contribution is 5.84. The minimum absolute atomic E-state index is 0.286. The Labute approximate surface area is 127 Å². The molecule has 1 heterocycles. The highest BCUT2D eigenvalue weighted by Crippen LogP contribution is 2.25. The van der Waals surface area contributed by atoms with Crippen LogP contribution in [0.3, 0.4) is 0 Å². The zero-order valence-electron chi connectivity index (χ0n) is 13.7. The zero-order chi connectivity index (χ0) is 15.5. The predicted octanol–water partition coefficient (Wildman–Crippen LogP) is 4.02. The van der Waals surface area contributed by atoms with Crippen LogP contribution in [0, 0.1) is 11.3 Å². The smallest absolute Gasteiger partial charge is 0.145 e. The number of para-hydroxylation sites is 1. The minimum Gasteiger partial charge on any atom is -0.494 e. The Bertz CT molecular complexity index is 605. The van der Waals surface area contributed by atoms with Gasteiger partial charge in [-0.15, -0.1) is 0 Å². The van der Waals surface area contributed by atoms with Crippen molar-refractivity contribution in [1.82, 2.24) is 10.3 Å². The summed E-state index contributed by atoms with van der Waals surface area (Å²) in [4.78, 5) is 4.72. The third-order valence-electron chi connectivity index (χ3n) is 4.41. The van der Waals surface area contributed by atoms with Crippen molar-refractivity contribution >= 4 is 10.9 Å². The quantitative estimate of drug-likeness (QED) is 0.871. The minimum atomic E-state index is 0.286. The molecule has 1 N–H and O–H groups in total. The van der Waals surface area contributed by atoms with Crippen LogP contribution < -0.4 is 10.1 Å². The van der Waals surface area contributed by atoms with Crippen LogP contribution in [0.15, 0.2) is 30.3 Å². The third kappa shape index (κ3) is 3.73. The number of ether oxygens (including phenoxy) is 1. The largest absolute Gasteiger partial charge is 0.494 e. The second-order valence-electron chi connectivity index (χ2n) is 6.58. The summed E-state index contributed by atoms with van der Waals surface area (Å²) in [6.45, 7) is 10.9. The number of methoxy groups -OCH3 is 1. The lowest BCUT2D eigenvalue weighted by molar-refractivity contribution is 0.237. The maximum absolute atomic E-state index is 5.39. The van der Waals surface area contributed by atoms with E-state index in [1.54, 1.807) is 7.11 Å². The van der Waals surface area contributed by atoms with Gasteiger partial charge in [0, 0.05) is 18.5 Å². The van der Waals surface area contributed by atoms with Gasteiger partial charge in [0.2, 0.25) is 0 Å². The van der Waals surface area contributed by atoms with E-state index < -0.39 is 0 Å². The summed E-state index contributed by atoms with van der Waals surface area (Å²) < 4.78 is 5.39. The van der Waals surface area contributed by atoms with Gasteiger partial charge in [0.1, 0.15) is 11.3 Å². The number of pyridine rings is 1. The van der Waals surface area contributed by atoms with Gasteiger partial charge in [0.05, 0.1) is 12.8 Å². The van der Waals surface area contributed by atoms with Crippen molar-refractivity contribution < 1.29 is 4.74 Å². The SMILES string of the molecule is COc1cccc2ccc(CNCC(C)(C)C(C)C)nc12. The van der Waals surface area contributed by atoms with Crippen LogP contribution in [0.4, 0.5) is 0 Å². The fourth-order valence-electron chi connectivity index (χ4n) is 2.14. The first-order valence-electron chi connectivity index (χ1n) is 7.57. The van der Waals surface area contributed by atoms with Crippen LogP contribution in [-0.2, 0) is 6.54 Å². The van der Waals surface area contributed by atoms with Gasteiger partial charge in [-0.2, -0.15) is 0 Å². The number of hydrogen-bond acceptors (Lipinski definition) is 3. The highest BCUT2D eigenvalue weighted by atomic mass is 16.5. The van der Waals surface area contributed by atoms with E-state index in [-0.39, 0.29) is 5.41 Å². The first kappa shape index (κ1) is 15.8. The Morgan fingerprint density at radius 3 is 2.62 bits per heavy atom. The summed E-state index contributed by atoms with van der Waals surface area (Å²) in [6.07, 6.45) is 0. The molecule has 114 valence electrons. The number of rotatable bonds is 6. The number of fused-ring (bicyclic) bond motifs is 1. The number of aromatic nitrogens is 1. The van der Waals surface area contributed by atoms with Gasteiger partial charge in [0.15, 0.2) is 0 Å². The van der Waals surface area contributed by atoms with Crippen molar-refractivity contribution in [3.63, 3.8) is 0 Å². The lowest BCUT2D eigenvalue weighted by atomic mass is 9.81. The number of nitrogens with zero attached hydrogens (tertiary/aromatic N) is 1. The molecule has 2 rings (SSSR count). The lowest BCUT2D eigenvalue weighted by Crippen LogP contribution is -2.33. The molecule has 0 radical (unpaired) electrons. The van der Waals surface area contributed by atoms with Crippen molar-refractivity contribution in [2.45, 2.75) is 34.2 Å². The summed E-state index contributed by atoms with van der Waals surface area (Å²) in [5, 5.41) is 4.63. The van der Waals surface area contributed by atoms with Crippen LogP contribution >= 0.6 is 0 Å². The van der Waals surface area contributed by atoms with Gasteiger partial charge < -0.3 is 10.1 Å². The molecule has 0 atom stereocenters. The highest BCUT2D eigenvalue weighted by Gasteiger charge is 2.21. The summed E-state index contributed by atoms with van der Waals surface area (Å²) in [7, 11) is 1.69. The van der Waals surface area contributed by atoms with Gasteiger partial charge in [-0.1, -0.05) is 45.9 Å². The molecule has 3 nitrogen and oxygen atoms in total. The fourth-order valence-corrected chi connectivity index (χ4v) is 2.14. The van der Waals surface area contributed by atoms with Crippen molar-refractivity contribution in [3.8, 4) is 5.75 Å². The van der Waals surface area contributed by atoms with Crippen molar-refractivity contribution in [1.29, 1.82) is 0 Å². The number of nitrogens with one attached hydrogen (secondary N) is 1. The second-order valence-corrected chi connectivity index (χ2v) is 6.58. The molecule has 0 spiro atoms. The van der Waals surface area contributed by atoms with E-state index in [2.05, 4.69) is 51.2 Å². The van der Waals surface area contributed by atoms with Crippen LogP contribution in [0.25, 0.3) is 10.9 Å². The Morgan fingerprint density at radius 1 is 1.19 bits per heavy atom. The maximum Gasteiger partial charge on any atom is 0.145 e. The average molecular weight is 286 g/mol. The second kappa shape index (κ2) is 6.44. The first-order chi connectivity index (χ1) is 9.94. The van der Waals surface area contributed by atoms with E-state index in [1.165, 1.54) is 0 Å². The molecule has 21 heavy (non-hydrogen) atoms. The monoisotopic (exact) mass is 286 g/mol. The molecular formula is C18H26N2O. The summed E-state index contributed by atoms with van der Waals surface area (Å²) in [5.74, 6) is 1.48. The summed E-state index contributed by atoms with van der Waals surface area (Å²) >= 11 is 0. The third-order valence-corrected chi connectivity index (χ3v) is 4.41. The van der Waals surface area contributed by atoms with Gasteiger partial charge in [-0.3, -0.25) is 0 Å². The van der Waals surface area contributed by atoms with E-state index in [4.69, 9.17) is 9.72 Å². The summed E-state index contributed by atoms with van der Waals surface area (Å²) in [6, 6.07) is 10.2. The lowest BCUT2D eigenvalue weighted by Gasteiger charge is -2.29. The molecule has 1 aromatic carbocycles. The van der Waals surface area contributed by atoms with Crippen molar-refractivity contribution in [3.05, 3.63) is 36.0 Å². The van der Waals surface area contributed by atoms with Gasteiger partial charge in [-0.05, 0) is 23.5 Å². The molecule has 0 amide bonds. The van der Waals surface area contributed by atoms with Crippen LogP contribution in [0.2, 0.25) is 0 Å². The van der Waals surface area contributed by atoms with E-state index in [0.29, 0.717) is 5.92 Å². The molecule has 0 saturated carbocycles. The van der Waals surface area contributed by atoms with Gasteiger partial charge >= 0.3 is 0 Å². The van der Waals surface area contributed by atoms with Gasteiger partial charge in [0.25, 0.3) is 0 Å². The molecule has 0 bridgehead atoms. The van der Waals surface area contributed by atoms with Crippen molar-refractivity contribution in [2.24, 2.45) is 11.3 Å². The normalized spacial score (nSPS) is 12.1. The van der Waals surface area contributed by atoms with Crippen molar-refractivity contribution in [2.75, 3.05) is 13.7 Å². The number of hydrogen-bond donors (Lipinski definition) is 1. The molecule has 3 heteroatoms. The Kier molecular flexibility index (Phi) is 4.84. The van der Waals surface area contributed by atoms with E-state index in [0.717, 1.165) is 35.4 Å². The molecule has 2 aromatic rings. The first-order valence-corrected chi connectivity index (χ1v) is 7.57. The molecule has 0 unspecified atom stereocenters. The predicted molar refractivity (Wildman–Crippen MR) is 88.6 cm³/mol. The molecule has 1 aromatic heterocycles. The van der Waals surface area contributed by atoms with Crippen LogP contribution in [0.5, 0.6) is 5.75 Å². The molecule has 0 aliphatic carbocycles. The molecule has 0 aliphatic heterocycles. The fraction of sp³-hybridized carbons (Fsp3) is 0.500. The van der Waals surface area contributed by atoms with Crippen LogP contribution in [-0.4, -0.2) is 18.6 Å². The number of benzene rings is 1. The Balaban J connectivity index is 2.09. The van der Waals surface area contributed by atoms with E-state index >= 15 is 0 Å². The van der Waals surface area contributed by atoms with Crippen LogP contribution in [0.1, 0.15) is 33.4 Å². The standard InChI is InChI=1S/C18H26N2O/c1-13(2)18(3,4)12-19-11-15-10-9-14-7-6-8-16(21-5)17(14)20-15/h6-10,13,19H,11-12H2,1-5H3.